The zero-order valence-corrected chi connectivity index (χ0v) is 20.8. The second kappa shape index (κ2) is 8.70. The standard InChI is InChI=1S/C26H37N3O5/c1-5-29(6-2)23(30)26(14-21(26)32-4)28-24(31)33-18-11-17-15-27-10-9-25-13-16(3)7-8-20(25)34-19(12-18)22(17)25/h10,15-16,18,20-21H,5-9,11-14H2,1-4H3,(H,28,31)/t16?,18-,20-,21?,25?,26?/m1/s1. The Morgan fingerprint density at radius 2 is 2.03 bits per heavy atom. The molecular formula is C26H37N3O5. The van der Waals surface area contributed by atoms with Crippen LogP contribution in [0.3, 0.4) is 0 Å². The first-order valence-electron chi connectivity index (χ1n) is 12.8. The maximum atomic E-state index is 13.1. The number of methoxy groups -OCH3 is 1. The van der Waals surface area contributed by atoms with Crippen molar-refractivity contribution in [3.63, 3.8) is 0 Å². The van der Waals surface area contributed by atoms with Crippen molar-refractivity contribution in [1.29, 1.82) is 0 Å². The molecule has 2 amide bonds. The van der Waals surface area contributed by atoms with Crippen LogP contribution in [-0.2, 0) is 19.0 Å². The zero-order valence-electron chi connectivity index (χ0n) is 20.8. The number of amides is 2. The highest BCUT2D eigenvalue weighted by atomic mass is 16.6. The van der Waals surface area contributed by atoms with Crippen LogP contribution in [0.1, 0.15) is 65.7 Å². The van der Waals surface area contributed by atoms with E-state index in [0.29, 0.717) is 38.3 Å². The molecule has 0 aromatic heterocycles. The number of hydrogen-bond donors (Lipinski definition) is 1. The van der Waals surface area contributed by atoms with Crippen LogP contribution in [0.5, 0.6) is 0 Å². The Kier molecular flexibility index (Phi) is 5.99. The minimum atomic E-state index is -1.04. The Morgan fingerprint density at radius 3 is 2.74 bits per heavy atom. The van der Waals surface area contributed by atoms with Crippen molar-refractivity contribution in [2.75, 3.05) is 20.2 Å². The summed E-state index contributed by atoms with van der Waals surface area (Å²) in [7, 11) is 1.57. The van der Waals surface area contributed by atoms with Gasteiger partial charge in [0.05, 0.1) is 6.10 Å². The molecule has 3 aliphatic carbocycles. The quantitative estimate of drug-likeness (QED) is 0.638. The zero-order chi connectivity index (χ0) is 24.1. The van der Waals surface area contributed by atoms with Crippen LogP contribution in [-0.4, -0.2) is 67.2 Å². The maximum absolute atomic E-state index is 13.1. The third kappa shape index (κ3) is 3.65. The normalized spacial score (nSPS) is 37.6. The van der Waals surface area contributed by atoms with E-state index in [9.17, 15) is 9.59 Å². The highest BCUT2D eigenvalue weighted by Gasteiger charge is 2.64. The second-order valence-corrected chi connectivity index (χ2v) is 10.6. The van der Waals surface area contributed by atoms with E-state index in [2.05, 4.69) is 17.2 Å². The number of alkyl carbamates (subject to hydrolysis) is 1. The first-order valence-corrected chi connectivity index (χ1v) is 12.8. The summed E-state index contributed by atoms with van der Waals surface area (Å²) in [5.41, 5.74) is 1.41. The van der Waals surface area contributed by atoms with E-state index >= 15 is 0 Å². The molecule has 186 valence electrons. The summed E-state index contributed by atoms with van der Waals surface area (Å²) in [6.07, 6.45) is 8.74. The van der Waals surface area contributed by atoms with Gasteiger partial charge in [-0.25, -0.2) is 4.79 Å². The monoisotopic (exact) mass is 471 g/mol. The van der Waals surface area contributed by atoms with Crippen molar-refractivity contribution < 1.29 is 23.8 Å². The average Bonchev–Trinajstić information content (AvgIpc) is 3.47. The fourth-order valence-corrected chi connectivity index (χ4v) is 6.75. The van der Waals surface area contributed by atoms with Gasteiger partial charge >= 0.3 is 6.09 Å². The molecule has 34 heavy (non-hydrogen) atoms. The van der Waals surface area contributed by atoms with Crippen LogP contribution in [0.2, 0.25) is 0 Å². The van der Waals surface area contributed by atoms with Crippen LogP contribution in [0, 0.1) is 11.3 Å². The van der Waals surface area contributed by atoms with E-state index in [0.717, 1.165) is 30.6 Å². The molecule has 2 aliphatic heterocycles. The molecule has 8 nitrogen and oxygen atoms in total. The molecule has 0 saturated heterocycles. The maximum Gasteiger partial charge on any atom is 0.408 e. The number of carbonyl (C=O) groups is 2. The lowest BCUT2D eigenvalue weighted by Gasteiger charge is -2.42. The largest absolute Gasteiger partial charge is 0.493 e. The number of likely N-dealkylation sites (N-methyl/N-ethyl adjacent to an activating group) is 1. The Bertz CT molecular complexity index is 954. The predicted octanol–water partition coefficient (Wildman–Crippen LogP) is 3.72. The van der Waals surface area contributed by atoms with Gasteiger partial charge in [-0.15, -0.1) is 0 Å². The van der Waals surface area contributed by atoms with Crippen LogP contribution >= 0.6 is 0 Å². The van der Waals surface area contributed by atoms with Crippen molar-refractivity contribution in [1.82, 2.24) is 10.2 Å². The number of carbonyl (C=O) groups excluding carboxylic acids is 2. The van der Waals surface area contributed by atoms with E-state index < -0.39 is 11.6 Å². The van der Waals surface area contributed by atoms with Gasteiger partial charge in [0.25, 0.3) is 5.91 Å². The molecule has 0 bridgehead atoms. The first-order chi connectivity index (χ1) is 16.4. The molecule has 2 fully saturated rings. The van der Waals surface area contributed by atoms with Gasteiger partial charge in [0.2, 0.25) is 0 Å². The third-order valence-electron chi connectivity index (χ3n) is 8.50. The van der Waals surface area contributed by atoms with E-state index in [1.165, 1.54) is 12.0 Å². The van der Waals surface area contributed by atoms with Crippen molar-refractivity contribution in [2.24, 2.45) is 16.3 Å². The summed E-state index contributed by atoms with van der Waals surface area (Å²) in [5, 5.41) is 2.86. The third-order valence-corrected chi connectivity index (χ3v) is 8.50. The van der Waals surface area contributed by atoms with Gasteiger partial charge in [-0.2, -0.15) is 0 Å². The lowest BCUT2D eigenvalue weighted by Crippen LogP contribution is -2.53. The fourth-order valence-electron chi connectivity index (χ4n) is 6.75. The number of hydrogen-bond acceptors (Lipinski definition) is 6. The van der Waals surface area contributed by atoms with Crippen LogP contribution in [0.4, 0.5) is 4.79 Å². The Balaban J connectivity index is 1.32. The molecular weight excluding hydrogens is 434 g/mol. The van der Waals surface area contributed by atoms with Gasteiger partial charge < -0.3 is 24.4 Å². The minimum Gasteiger partial charge on any atom is -0.493 e. The number of nitrogens with zero attached hydrogens (tertiary/aromatic N) is 2. The highest BCUT2D eigenvalue weighted by Crippen LogP contribution is 2.59. The molecule has 0 radical (unpaired) electrons. The van der Waals surface area contributed by atoms with Gasteiger partial charge in [0.1, 0.15) is 18.0 Å². The minimum absolute atomic E-state index is 0.00595. The van der Waals surface area contributed by atoms with Gasteiger partial charge in [0, 0.05) is 62.9 Å². The van der Waals surface area contributed by atoms with Gasteiger partial charge in [0.15, 0.2) is 5.54 Å². The smallest absolute Gasteiger partial charge is 0.408 e. The Labute approximate surface area is 201 Å². The van der Waals surface area contributed by atoms with Crippen molar-refractivity contribution in [2.45, 2.75) is 89.6 Å². The molecule has 8 heteroatoms. The molecule has 2 saturated carbocycles. The average molecular weight is 472 g/mol. The Morgan fingerprint density at radius 1 is 1.24 bits per heavy atom. The van der Waals surface area contributed by atoms with Gasteiger partial charge in [-0.3, -0.25) is 9.79 Å². The predicted molar refractivity (Wildman–Crippen MR) is 127 cm³/mol. The summed E-state index contributed by atoms with van der Waals surface area (Å²) in [5.74, 6) is 1.51. The molecule has 1 spiro atoms. The summed E-state index contributed by atoms with van der Waals surface area (Å²) < 4.78 is 17.9. The summed E-state index contributed by atoms with van der Waals surface area (Å²) in [4.78, 5) is 32.4. The van der Waals surface area contributed by atoms with E-state index in [1.54, 1.807) is 12.0 Å². The lowest BCUT2D eigenvalue weighted by atomic mass is 9.61. The van der Waals surface area contributed by atoms with Gasteiger partial charge in [-0.1, -0.05) is 6.92 Å². The van der Waals surface area contributed by atoms with Crippen molar-refractivity contribution in [3.05, 3.63) is 23.1 Å². The number of aliphatic imine (C=N–C) groups is 1. The van der Waals surface area contributed by atoms with Crippen molar-refractivity contribution >= 4 is 18.2 Å². The number of nitrogens with one attached hydrogen (secondary N) is 1. The molecule has 5 aliphatic rings. The van der Waals surface area contributed by atoms with E-state index in [4.69, 9.17) is 14.2 Å². The van der Waals surface area contributed by atoms with Crippen LogP contribution in [0.15, 0.2) is 28.1 Å². The summed E-state index contributed by atoms with van der Waals surface area (Å²) in [6.45, 7) is 7.35. The van der Waals surface area contributed by atoms with Crippen LogP contribution in [0.25, 0.3) is 0 Å². The van der Waals surface area contributed by atoms with E-state index in [1.807, 2.05) is 26.3 Å². The molecule has 0 aromatic carbocycles. The lowest BCUT2D eigenvalue weighted by molar-refractivity contribution is -0.135. The first kappa shape index (κ1) is 23.4. The summed E-state index contributed by atoms with van der Waals surface area (Å²) in [6, 6.07) is 0. The fraction of sp³-hybridized carbons (Fsp3) is 0.731. The molecule has 6 atom stereocenters. The van der Waals surface area contributed by atoms with E-state index in [-0.39, 0.29) is 29.6 Å². The Hall–Kier alpha value is -2.35. The SMILES string of the molecule is CCN(CC)C(=O)C1(NC(=O)O[C@@H]2CC3=CN=CCC45CC(C)CC[C@H]4OC(=C35)C2)CC1OC. The molecule has 2 heterocycles. The van der Waals surface area contributed by atoms with Crippen molar-refractivity contribution in [3.8, 4) is 0 Å². The number of ether oxygens (including phenoxy) is 3. The molecule has 1 N–H and O–H groups in total. The van der Waals surface area contributed by atoms with Crippen LogP contribution < -0.4 is 5.32 Å². The summed E-state index contributed by atoms with van der Waals surface area (Å²) >= 11 is 0. The van der Waals surface area contributed by atoms with Gasteiger partial charge in [-0.05, 0) is 51.0 Å². The molecule has 4 unspecified atom stereocenters. The highest BCUT2D eigenvalue weighted by molar-refractivity contribution is 5.94. The number of rotatable bonds is 6. The molecule has 5 rings (SSSR count). The molecule has 0 aromatic rings. The second-order valence-electron chi connectivity index (χ2n) is 10.6. The topological polar surface area (TPSA) is 89.5 Å².